The summed E-state index contributed by atoms with van der Waals surface area (Å²) in [6.45, 7) is 14.0. The number of piperidine rings is 1. The number of H-pyrrole nitrogens is 1. The summed E-state index contributed by atoms with van der Waals surface area (Å²) in [7, 11) is -4.09. The van der Waals surface area contributed by atoms with Gasteiger partial charge >= 0.3 is 0 Å². The van der Waals surface area contributed by atoms with Crippen LogP contribution in [0.15, 0.2) is 47.5 Å². The van der Waals surface area contributed by atoms with E-state index in [9.17, 15) is 13.2 Å². The van der Waals surface area contributed by atoms with Gasteiger partial charge in [0.1, 0.15) is 6.04 Å². The highest BCUT2D eigenvalue weighted by atomic mass is 35.5. The third-order valence-electron chi connectivity index (χ3n) is 8.49. The Hall–Kier alpha value is -3.08. The van der Waals surface area contributed by atoms with Gasteiger partial charge in [-0.1, -0.05) is 71.9 Å². The number of rotatable bonds is 11. The summed E-state index contributed by atoms with van der Waals surface area (Å²) >= 11 is 0. The van der Waals surface area contributed by atoms with Crippen molar-refractivity contribution in [3.63, 3.8) is 0 Å². The number of nitrogens with two attached hydrogens (primary N) is 1. The van der Waals surface area contributed by atoms with Crippen molar-refractivity contribution < 1.29 is 13.2 Å². The number of nitrogens with one attached hydrogen (secondary N) is 4. The first-order valence-electron chi connectivity index (χ1n) is 15.4. The Kier molecular flexibility index (Phi) is 11.9. The SMILES string of the molecule is CC(C)c1cc(C(C)C)c(S(=O)(=O)N[C@H](Cc2c[nH]c3ccccc23)C(=O)NCC2CCCN(C(=N)N)C2)c(C(C)C)c1.Cl. The smallest absolute Gasteiger partial charge is 0.241 e. The largest absolute Gasteiger partial charge is 0.370 e. The number of halogens is 1. The summed E-state index contributed by atoms with van der Waals surface area (Å²) in [5.41, 5.74) is 10.1. The number of benzene rings is 2. The zero-order chi connectivity index (χ0) is 31.5. The van der Waals surface area contributed by atoms with E-state index in [1.54, 1.807) is 0 Å². The standard InChI is InChI=1S/C33H48N6O3S.ClH/c1-20(2)24-14-27(21(3)4)31(28(15-24)22(5)6)43(41,42)38-30(16-25-18-36-29-12-8-7-11-26(25)29)32(40)37-17-23-10-9-13-39(19-23)33(34)35;/h7-8,11-12,14-15,18,20-23,30,36,38H,9-10,13,16-17,19H2,1-6H3,(H3,34,35)(H,37,40);1H/t23?,30-;/m1./s1. The van der Waals surface area contributed by atoms with Crippen LogP contribution in [0.3, 0.4) is 0 Å². The van der Waals surface area contributed by atoms with Gasteiger partial charge in [0.25, 0.3) is 0 Å². The molecule has 0 spiro atoms. The third kappa shape index (κ3) is 8.14. The van der Waals surface area contributed by atoms with Crippen molar-refractivity contribution in [2.24, 2.45) is 11.7 Å². The number of aromatic nitrogens is 1. The van der Waals surface area contributed by atoms with Crippen LogP contribution in [0, 0.1) is 11.3 Å². The van der Waals surface area contributed by atoms with Crippen molar-refractivity contribution >= 4 is 45.2 Å². The maximum absolute atomic E-state index is 14.4. The minimum absolute atomic E-state index is 0. The highest BCUT2D eigenvalue weighted by Crippen LogP contribution is 2.35. The van der Waals surface area contributed by atoms with E-state index >= 15 is 0 Å². The second-order valence-corrected chi connectivity index (χ2v) is 14.5. The maximum atomic E-state index is 14.4. The van der Waals surface area contributed by atoms with Gasteiger partial charge in [0.15, 0.2) is 5.96 Å². The molecule has 0 radical (unpaired) electrons. The first kappa shape index (κ1) is 35.4. The molecule has 242 valence electrons. The lowest BCUT2D eigenvalue weighted by Gasteiger charge is -2.33. The van der Waals surface area contributed by atoms with Crippen molar-refractivity contribution in [2.75, 3.05) is 19.6 Å². The normalized spacial score (nSPS) is 16.4. The summed E-state index contributed by atoms with van der Waals surface area (Å²) < 4.78 is 31.6. The summed E-state index contributed by atoms with van der Waals surface area (Å²) in [6.07, 6.45) is 3.83. The van der Waals surface area contributed by atoms with Gasteiger partial charge < -0.3 is 20.9 Å². The Labute approximate surface area is 268 Å². The van der Waals surface area contributed by atoms with Crippen LogP contribution in [-0.4, -0.2) is 55.8 Å². The van der Waals surface area contributed by atoms with E-state index in [1.165, 1.54) is 0 Å². The summed E-state index contributed by atoms with van der Waals surface area (Å²) in [5.74, 6) is -0.0241. The number of carbonyl (C=O) groups is 1. The number of likely N-dealkylation sites (tertiary alicyclic amines) is 1. The van der Waals surface area contributed by atoms with Gasteiger partial charge in [-0.15, -0.1) is 12.4 Å². The molecule has 1 amide bonds. The quantitative estimate of drug-likeness (QED) is 0.137. The Morgan fingerprint density at radius 1 is 1.07 bits per heavy atom. The fourth-order valence-electron chi connectivity index (χ4n) is 5.97. The molecule has 0 aliphatic carbocycles. The lowest BCUT2D eigenvalue weighted by atomic mass is 9.89. The van der Waals surface area contributed by atoms with Gasteiger partial charge in [-0.2, -0.15) is 4.72 Å². The van der Waals surface area contributed by atoms with Crippen LogP contribution in [0.1, 0.15) is 94.4 Å². The fraction of sp³-hybridized carbons (Fsp3) is 0.515. The van der Waals surface area contributed by atoms with E-state index in [0.29, 0.717) is 13.1 Å². The predicted molar refractivity (Wildman–Crippen MR) is 181 cm³/mol. The van der Waals surface area contributed by atoms with Gasteiger partial charge in [0, 0.05) is 36.7 Å². The average molecular weight is 645 g/mol. The molecule has 6 N–H and O–H groups in total. The molecule has 4 rings (SSSR count). The monoisotopic (exact) mass is 644 g/mol. The molecule has 1 saturated heterocycles. The van der Waals surface area contributed by atoms with Gasteiger partial charge in [0.2, 0.25) is 15.9 Å². The van der Waals surface area contributed by atoms with E-state index in [4.69, 9.17) is 11.1 Å². The van der Waals surface area contributed by atoms with Crippen LogP contribution < -0.4 is 15.8 Å². The van der Waals surface area contributed by atoms with Crippen LogP contribution in [0.4, 0.5) is 0 Å². The Bertz CT molecular complexity index is 1540. The number of para-hydroxylation sites is 1. The topological polar surface area (TPSA) is 144 Å². The van der Waals surface area contributed by atoms with E-state index < -0.39 is 16.1 Å². The van der Waals surface area contributed by atoms with E-state index in [2.05, 4.69) is 28.9 Å². The van der Waals surface area contributed by atoms with E-state index in [-0.39, 0.29) is 59.3 Å². The minimum atomic E-state index is -4.09. The van der Waals surface area contributed by atoms with Gasteiger partial charge in [-0.05, 0) is 71.3 Å². The molecule has 1 aliphatic heterocycles. The molecular weight excluding hydrogens is 596 g/mol. The Balaban J connectivity index is 0.00000529. The van der Waals surface area contributed by atoms with Crippen LogP contribution in [0.2, 0.25) is 0 Å². The maximum Gasteiger partial charge on any atom is 0.241 e. The predicted octanol–water partition coefficient (Wildman–Crippen LogP) is 5.57. The molecule has 2 atom stereocenters. The molecule has 0 saturated carbocycles. The molecule has 1 aliphatic rings. The van der Waals surface area contributed by atoms with E-state index in [1.807, 2.05) is 75.2 Å². The number of sulfonamides is 1. The summed E-state index contributed by atoms with van der Waals surface area (Å²) in [5, 5.41) is 11.8. The molecule has 11 heteroatoms. The summed E-state index contributed by atoms with van der Waals surface area (Å²) in [6, 6.07) is 10.8. The number of hydrogen-bond acceptors (Lipinski definition) is 4. The lowest BCUT2D eigenvalue weighted by Crippen LogP contribution is -2.51. The molecule has 44 heavy (non-hydrogen) atoms. The highest BCUT2D eigenvalue weighted by molar-refractivity contribution is 7.89. The lowest BCUT2D eigenvalue weighted by molar-refractivity contribution is -0.122. The molecule has 0 bridgehead atoms. The molecule has 2 aromatic carbocycles. The number of nitrogens with zero attached hydrogens (tertiary/aromatic N) is 1. The second-order valence-electron chi connectivity index (χ2n) is 12.8. The fourth-order valence-corrected chi connectivity index (χ4v) is 7.87. The zero-order valence-corrected chi connectivity index (χ0v) is 28.4. The van der Waals surface area contributed by atoms with Gasteiger partial charge in [0.05, 0.1) is 4.90 Å². The van der Waals surface area contributed by atoms with Crippen LogP contribution >= 0.6 is 12.4 Å². The average Bonchev–Trinajstić information content (AvgIpc) is 3.37. The molecule has 2 heterocycles. The van der Waals surface area contributed by atoms with Crippen LogP contribution in [0.5, 0.6) is 0 Å². The summed E-state index contributed by atoms with van der Waals surface area (Å²) in [4.78, 5) is 19.2. The number of guanidine groups is 1. The van der Waals surface area contributed by atoms with Crippen LogP contribution in [-0.2, 0) is 21.2 Å². The number of hydrogen-bond donors (Lipinski definition) is 5. The molecule has 1 aromatic heterocycles. The Morgan fingerprint density at radius 2 is 1.70 bits per heavy atom. The van der Waals surface area contributed by atoms with Crippen LogP contribution in [0.25, 0.3) is 10.9 Å². The van der Waals surface area contributed by atoms with Gasteiger partial charge in [-0.25, -0.2) is 8.42 Å². The highest BCUT2D eigenvalue weighted by Gasteiger charge is 2.32. The molecule has 1 fully saturated rings. The molecular formula is C33H49ClN6O3S. The minimum Gasteiger partial charge on any atom is -0.370 e. The van der Waals surface area contributed by atoms with Crippen molar-refractivity contribution in [3.8, 4) is 0 Å². The Morgan fingerprint density at radius 3 is 2.30 bits per heavy atom. The second kappa shape index (κ2) is 14.8. The first-order chi connectivity index (χ1) is 20.3. The van der Waals surface area contributed by atoms with Gasteiger partial charge in [-0.3, -0.25) is 10.2 Å². The zero-order valence-electron chi connectivity index (χ0n) is 26.7. The number of aromatic amines is 1. The molecule has 1 unspecified atom stereocenters. The van der Waals surface area contributed by atoms with Crippen molar-refractivity contribution in [2.45, 2.75) is 89.5 Å². The molecule has 3 aromatic rings. The molecule has 9 nitrogen and oxygen atoms in total. The third-order valence-corrected chi connectivity index (χ3v) is 10.1. The number of fused-ring (bicyclic) bond motifs is 1. The van der Waals surface area contributed by atoms with Crippen molar-refractivity contribution in [1.29, 1.82) is 5.41 Å². The number of amides is 1. The van der Waals surface area contributed by atoms with Crippen molar-refractivity contribution in [3.05, 3.63) is 64.8 Å². The first-order valence-corrected chi connectivity index (χ1v) is 16.9. The number of carbonyl (C=O) groups excluding carboxylic acids is 1. The van der Waals surface area contributed by atoms with Crippen molar-refractivity contribution in [1.82, 2.24) is 19.9 Å². The van der Waals surface area contributed by atoms with E-state index in [0.717, 1.165) is 52.5 Å².